The first-order valence-electron chi connectivity index (χ1n) is 12.1. The van der Waals surface area contributed by atoms with Crippen LogP contribution in [-0.4, -0.2) is 47.1 Å². The molecule has 206 valence electrons. The lowest BCUT2D eigenvalue weighted by molar-refractivity contribution is -0.384. The number of amides is 3. The molecule has 1 fully saturated rings. The molecule has 0 saturated carbocycles. The SMILES string of the molecule is CCOc1cc(/C=C2/SC(=O)N(CC(=O)Nc3ccccc3OC)C2=O)ccc1OCc1ccc([N+](=O)[O-])cc1. The fourth-order valence-electron chi connectivity index (χ4n) is 3.75. The molecule has 11 nitrogen and oxygen atoms in total. The van der Waals surface area contributed by atoms with Gasteiger partial charge in [-0.15, -0.1) is 0 Å². The number of nitro benzene ring substituents is 1. The number of carbonyl (C=O) groups excluding carboxylic acids is 3. The zero-order chi connectivity index (χ0) is 28.6. The summed E-state index contributed by atoms with van der Waals surface area (Å²) in [5, 5.41) is 12.9. The highest BCUT2D eigenvalue weighted by molar-refractivity contribution is 8.18. The molecule has 3 amide bonds. The van der Waals surface area contributed by atoms with E-state index in [1.165, 1.54) is 19.2 Å². The first kappa shape index (κ1) is 28.2. The van der Waals surface area contributed by atoms with Gasteiger partial charge in [0.05, 0.1) is 29.2 Å². The summed E-state index contributed by atoms with van der Waals surface area (Å²) < 4.78 is 16.8. The molecule has 0 aromatic heterocycles. The van der Waals surface area contributed by atoms with Gasteiger partial charge in [0, 0.05) is 12.1 Å². The van der Waals surface area contributed by atoms with E-state index in [4.69, 9.17) is 14.2 Å². The van der Waals surface area contributed by atoms with Gasteiger partial charge in [0.2, 0.25) is 5.91 Å². The normalized spacial score (nSPS) is 13.8. The van der Waals surface area contributed by atoms with Crippen LogP contribution in [0.25, 0.3) is 6.08 Å². The van der Waals surface area contributed by atoms with E-state index in [9.17, 15) is 24.5 Å². The van der Waals surface area contributed by atoms with Gasteiger partial charge < -0.3 is 19.5 Å². The summed E-state index contributed by atoms with van der Waals surface area (Å²) in [7, 11) is 1.47. The molecule has 0 unspecified atom stereocenters. The number of nitro groups is 1. The molecule has 3 aromatic carbocycles. The second-order valence-electron chi connectivity index (χ2n) is 8.37. The van der Waals surface area contributed by atoms with Crippen molar-refractivity contribution >= 4 is 46.3 Å². The Morgan fingerprint density at radius 2 is 1.77 bits per heavy atom. The van der Waals surface area contributed by atoms with Crippen LogP contribution in [0.1, 0.15) is 18.1 Å². The number of methoxy groups -OCH3 is 1. The fourth-order valence-corrected chi connectivity index (χ4v) is 4.58. The standard InChI is InChI=1S/C28H25N3O8S/c1-3-38-24-14-19(10-13-23(24)39-17-18-8-11-20(12-9-18)31(35)36)15-25-27(33)30(28(34)40-25)16-26(32)29-21-6-4-5-7-22(21)37-2/h4-15H,3,16-17H2,1-2H3,(H,29,32)/b25-15+. The van der Waals surface area contributed by atoms with E-state index in [0.29, 0.717) is 35.1 Å². The van der Waals surface area contributed by atoms with Gasteiger partial charge in [0.15, 0.2) is 11.5 Å². The number of hydrogen-bond acceptors (Lipinski definition) is 9. The zero-order valence-corrected chi connectivity index (χ0v) is 22.4. The van der Waals surface area contributed by atoms with Crippen LogP contribution in [0.4, 0.5) is 16.2 Å². The van der Waals surface area contributed by atoms with Crippen LogP contribution in [0.15, 0.2) is 71.6 Å². The van der Waals surface area contributed by atoms with Gasteiger partial charge in [-0.25, -0.2) is 0 Å². The number of imide groups is 1. The summed E-state index contributed by atoms with van der Waals surface area (Å²) in [6.07, 6.45) is 1.55. The molecule has 40 heavy (non-hydrogen) atoms. The summed E-state index contributed by atoms with van der Waals surface area (Å²) in [6.45, 7) is 1.89. The number of para-hydroxylation sites is 2. The van der Waals surface area contributed by atoms with Crippen molar-refractivity contribution in [3.8, 4) is 17.2 Å². The van der Waals surface area contributed by atoms with Gasteiger partial charge in [-0.2, -0.15) is 0 Å². The summed E-state index contributed by atoms with van der Waals surface area (Å²) in [4.78, 5) is 49.5. The topological polar surface area (TPSA) is 137 Å². The fraction of sp³-hybridized carbons (Fsp3) is 0.179. The molecular weight excluding hydrogens is 538 g/mol. The van der Waals surface area contributed by atoms with E-state index < -0.39 is 28.5 Å². The Labute approximate surface area is 233 Å². The Morgan fingerprint density at radius 1 is 1.02 bits per heavy atom. The van der Waals surface area contributed by atoms with Gasteiger partial charge in [0.25, 0.3) is 16.8 Å². The van der Waals surface area contributed by atoms with Gasteiger partial charge in [-0.1, -0.05) is 18.2 Å². The highest BCUT2D eigenvalue weighted by Crippen LogP contribution is 2.35. The van der Waals surface area contributed by atoms with E-state index >= 15 is 0 Å². The lowest BCUT2D eigenvalue weighted by Gasteiger charge is -2.14. The summed E-state index contributed by atoms with van der Waals surface area (Å²) in [5.41, 5.74) is 1.75. The number of nitrogens with one attached hydrogen (secondary N) is 1. The smallest absolute Gasteiger partial charge is 0.294 e. The highest BCUT2D eigenvalue weighted by atomic mass is 32.2. The largest absolute Gasteiger partial charge is 0.495 e. The molecule has 1 aliphatic rings. The molecule has 1 saturated heterocycles. The first-order chi connectivity index (χ1) is 19.3. The van der Waals surface area contributed by atoms with Crippen LogP contribution in [-0.2, 0) is 16.2 Å². The minimum Gasteiger partial charge on any atom is -0.495 e. The minimum atomic E-state index is -0.582. The van der Waals surface area contributed by atoms with Crippen LogP contribution in [0.3, 0.4) is 0 Å². The maximum absolute atomic E-state index is 12.9. The van der Waals surface area contributed by atoms with Gasteiger partial charge in [-0.3, -0.25) is 29.4 Å². The molecule has 0 spiro atoms. The summed E-state index contributed by atoms with van der Waals surface area (Å²) in [5.74, 6) is 0.199. The van der Waals surface area contributed by atoms with Crippen LogP contribution in [0.2, 0.25) is 0 Å². The molecule has 4 rings (SSSR count). The third-order valence-electron chi connectivity index (χ3n) is 5.66. The van der Waals surface area contributed by atoms with E-state index in [1.54, 1.807) is 60.7 Å². The maximum atomic E-state index is 12.9. The molecule has 0 aliphatic carbocycles. The molecule has 12 heteroatoms. The molecular formula is C28H25N3O8S. The van der Waals surface area contributed by atoms with Crippen molar-refractivity contribution in [3.05, 3.63) is 92.9 Å². The second kappa shape index (κ2) is 12.8. The van der Waals surface area contributed by atoms with E-state index in [0.717, 1.165) is 22.2 Å². The molecule has 0 bridgehead atoms. The van der Waals surface area contributed by atoms with Crippen LogP contribution in [0, 0.1) is 10.1 Å². The number of anilines is 1. The first-order valence-corrected chi connectivity index (χ1v) is 12.9. The van der Waals surface area contributed by atoms with Crippen LogP contribution >= 0.6 is 11.8 Å². The number of rotatable bonds is 11. The zero-order valence-electron chi connectivity index (χ0n) is 21.6. The molecule has 0 atom stereocenters. The van der Waals surface area contributed by atoms with Crippen molar-refractivity contribution in [1.82, 2.24) is 4.90 Å². The van der Waals surface area contributed by atoms with Crippen molar-refractivity contribution in [1.29, 1.82) is 0 Å². The van der Waals surface area contributed by atoms with Crippen molar-refractivity contribution in [2.24, 2.45) is 0 Å². The number of ether oxygens (including phenoxy) is 3. The second-order valence-corrected chi connectivity index (χ2v) is 9.36. The predicted octanol–water partition coefficient (Wildman–Crippen LogP) is 5.26. The van der Waals surface area contributed by atoms with Crippen LogP contribution in [0.5, 0.6) is 17.2 Å². The Morgan fingerprint density at radius 3 is 2.48 bits per heavy atom. The average molecular weight is 564 g/mol. The van der Waals surface area contributed by atoms with E-state index in [2.05, 4.69) is 5.32 Å². The number of benzene rings is 3. The third kappa shape index (κ3) is 6.77. The van der Waals surface area contributed by atoms with Crippen molar-refractivity contribution in [2.45, 2.75) is 13.5 Å². The third-order valence-corrected chi connectivity index (χ3v) is 6.57. The number of thioether (sulfide) groups is 1. The Kier molecular flexibility index (Phi) is 9.02. The van der Waals surface area contributed by atoms with E-state index in [-0.39, 0.29) is 17.2 Å². The van der Waals surface area contributed by atoms with Gasteiger partial charge in [0.1, 0.15) is 18.9 Å². The van der Waals surface area contributed by atoms with Crippen LogP contribution < -0.4 is 19.5 Å². The molecule has 1 N–H and O–H groups in total. The minimum absolute atomic E-state index is 0.00965. The number of non-ortho nitro benzene ring substituents is 1. The Balaban J connectivity index is 1.44. The molecule has 3 aromatic rings. The highest BCUT2D eigenvalue weighted by Gasteiger charge is 2.36. The molecule has 1 aliphatic heterocycles. The Bertz CT molecular complexity index is 1470. The molecule has 0 radical (unpaired) electrons. The van der Waals surface area contributed by atoms with Gasteiger partial charge in [-0.05, 0) is 72.3 Å². The van der Waals surface area contributed by atoms with Crippen molar-refractivity contribution in [2.75, 3.05) is 25.6 Å². The summed E-state index contributed by atoms with van der Waals surface area (Å²) in [6, 6.07) is 17.9. The summed E-state index contributed by atoms with van der Waals surface area (Å²) >= 11 is 0.740. The van der Waals surface area contributed by atoms with Crippen molar-refractivity contribution in [3.63, 3.8) is 0 Å². The predicted molar refractivity (Wildman–Crippen MR) is 149 cm³/mol. The lowest BCUT2D eigenvalue weighted by Crippen LogP contribution is -2.36. The maximum Gasteiger partial charge on any atom is 0.294 e. The van der Waals surface area contributed by atoms with E-state index in [1.807, 2.05) is 6.92 Å². The average Bonchev–Trinajstić information content (AvgIpc) is 3.20. The van der Waals surface area contributed by atoms with Crippen molar-refractivity contribution < 1.29 is 33.5 Å². The quantitative estimate of drug-likeness (QED) is 0.188. The number of hydrogen-bond donors (Lipinski definition) is 1. The number of nitrogens with zero attached hydrogens (tertiary/aromatic N) is 2. The monoisotopic (exact) mass is 563 g/mol. The lowest BCUT2D eigenvalue weighted by atomic mass is 10.1. The Hall–Kier alpha value is -4.84. The van der Waals surface area contributed by atoms with Gasteiger partial charge >= 0.3 is 0 Å². The number of carbonyl (C=O) groups is 3. The molecule has 1 heterocycles.